The van der Waals surface area contributed by atoms with Crippen molar-refractivity contribution in [3.05, 3.63) is 72.0 Å². The number of nitrogens with one attached hydrogen (secondary N) is 1. The summed E-state index contributed by atoms with van der Waals surface area (Å²) in [6.07, 6.45) is 5.46. The monoisotopic (exact) mass is 392 g/mol. The molecule has 0 bridgehead atoms. The SMILES string of the molecule is O=C(Nc1cccc(Cl)c1)C1CCCN(c2ncc(-c3ccccc3)cn2)C1. The molecule has 1 saturated heterocycles. The topological polar surface area (TPSA) is 58.1 Å². The molecule has 0 saturated carbocycles. The molecule has 1 aromatic heterocycles. The van der Waals surface area contributed by atoms with Crippen molar-refractivity contribution in [3.8, 4) is 11.1 Å². The van der Waals surface area contributed by atoms with E-state index in [1.165, 1.54) is 0 Å². The fraction of sp³-hybridized carbons (Fsp3) is 0.227. The molecule has 1 fully saturated rings. The van der Waals surface area contributed by atoms with Crippen molar-refractivity contribution in [3.63, 3.8) is 0 Å². The number of amides is 1. The Bertz CT molecular complexity index is 946. The summed E-state index contributed by atoms with van der Waals surface area (Å²) < 4.78 is 0. The van der Waals surface area contributed by atoms with E-state index in [9.17, 15) is 4.79 Å². The highest BCUT2D eigenvalue weighted by molar-refractivity contribution is 6.30. The summed E-state index contributed by atoms with van der Waals surface area (Å²) in [4.78, 5) is 23.8. The van der Waals surface area contributed by atoms with Gasteiger partial charge in [0.2, 0.25) is 11.9 Å². The molecule has 28 heavy (non-hydrogen) atoms. The standard InChI is InChI=1S/C22H21ClN4O/c23-19-9-4-10-20(12-19)26-21(28)17-8-5-11-27(15-17)22-24-13-18(14-25-22)16-6-2-1-3-7-16/h1-4,6-7,9-10,12-14,17H,5,8,11,15H2,(H,26,28). The molecular formula is C22H21ClN4O. The van der Waals surface area contributed by atoms with Gasteiger partial charge in [-0.05, 0) is 36.6 Å². The number of anilines is 2. The highest BCUT2D eigenvalue weighted by Crippen LogP contribution is 2.24. The zero-order valence-electron chi connectivity index (χ0n) is 15.4. The van der Waals surface area contributed by atoms with Crippen LogP contribution in [0.2, 0.25) is 5.02 Å². The molecule has 1 unspecified atom stereocenters. The van der Waals surface area contributed by atoms with Crippen LogP contribution in [0.15, 0.2) is 67.0 Å². The largest absolute Gasteiger partial charge is 0.340 e. The van der Waals surface area contributed by atoms with E-state index in [4.69, 9.17) is 11.6 Å². The van der Waals surface area contributed by atoms with Crippen molar-refractivity contribution in [1.82, 2.24) is 9.97 Å². The number of hydrogen-bond donors (Lipinski definition) is 1. The fourth-order valence-corrected chi connectivity index (χ4v) is 3.64. The van der Waals surface area contributed by atoms with Gasteiger partial charge in [0, 0.05) is 41.8 Å². The van der Waals surface area contributed by atoms with Crippen molar-refractivity contribution in [1.29, 1.82) is 0 Å². The molecule has 1 atom stereocenters. The number of carbonyl (C=O) groups excluding carboxylic acids is 1. The van der Waals surface area contributed by atoms with E-state index < -0.39 is 0 Å². The third kappa shape index (κ3) is 4.31. The summed E-state index contributed by atoms with van der Waals surface area (Å²) in [5.41, 5.74) is 2.79. The Hall–Kier alpha value is -2.92. The van der Waals surface area contributed by atoms with Crippen LogP contribution >= 0.6 is 11.6 Å². The Labute approximate surface area is 169 Å². The summed E-state index contributed by atoms with van der Waals surface area (Å²) in [7, 11) is 0. The predicted molar refractivity (Wildman–Crippen MR) is 112 cm³/mol. The molecule has 0 spiro atoms. The number of piperidine rings is 1. The van der Waals surface area contributed by atoms with Crippen LogP contribution in [0, 0.1) is 5.92 Å². The highest BCUT2D eigenvalue weighted by atomic mass is 35.5. The highest BCUT2D eigenvalue weighted by Gasteiger charge is 2.27. The normalized spacial score (nSPS) is 16.6. The van der Waals surface area contributed by atoms with E-state index in [-0.39, 0.29) is 11.8 Å². The minimum Gasteiger partial charge on any atom is -0.340 e. The predicted octanol–water partition coefficient (Wildman–Crippen LogP) is 4.65. The average Bonchev–Trinajstić information content (AvgIpc) is 2.75. The molecular weight excluding hydrogens is 372 g/mol. The zero-order valence-corrected chi connectivity index (χ0v) is 16.1. The Kier molecular flexibility index (Phi) is 5.53. The first-order valence-corrected chi connectivity index (χ1v) is 9.76. The lowest BCUT2D eigenvalue weighted by molar-refractivity contribution is -0.120. The number of nitrogens with zero attached hydrogens (tertiary/aromatic N) is 3. The van der Waals surface area contributed by atoms with Crippen molar-refractivity contribution in [2.24, 2.45) is 5.92 Å². The van der Waals surface area contributed by atoms with Gasteiger partial charge in [0.05, 0.1) is 5.92 Å². The van der Waals surface area contributed by atoms with Gasteiger partial charge in [-0.3, -0.25) is 4.79 Å². The van der Waals surface area contributed by atoms with E-state index in [2.05, 4.69) is 20.2 Å². The molecule has 1 N–H and O–H groups in total. The van der Waals surface area contributed by atoms with Crippen molar-refractivity contribution >= 4 is 29.1 Å². The van der Waals surface area contributed by atoms with Crippen LogP contribution in [-0.4, -0.2) is 29.0 Å². The Morgan fingerprint density at radius 1 is 1.04 bits per heavy atom. The lowest BCUT2D eigenvalue weighted by atomic mass is 9.97. The van der Waals surface area contributed by atoms with E-state index in [1.807, 2.05) is 54.9 Å². The van der Waals surface area contributed by atoms with E-state index in [0.717, 1.165) is 36.2 Å². The molecule has 2 aromatic carbocycles. The summed E-state index contributed by atoms with van der Waals surface area (Å²) in [6.45, 7) is 1.46. The zero-order chi connectivity index (χ0) is 19.3. The Morgan fingerprint density at radius 3 is 2.57 bits per heavy atom. The second-order valence-electron chi connectivity index (χ2n) is 6.92. The molecule has 142 valence electrons. The molecule has 4 rings (SSSR count). The van der Waals surface area contributed by atoms with Crippen LogP contribution in [0.1, 0.15) is 12.8 Å². The first kappa shape index (κ1) is 18.4. The Morgan fingerprint density at radius 2 is 1.82 bits per heavy atom. The van der Waals surface area contributed by atoms with E-state index >= 15 is 0 Å². The summed E-state index contributed by atoms with van der Waals surface area (Å²) in [6, 6.07) is 17.3. The van der Waals surface area contributed by atoms with Gasteiger partial charge in [0.1, 0.15) is 0 Å². The summed E-state index contributed by atoms with van der Waals surface area (Å²) >= 11 is 6.00. The molecule has 2 heterocycles. The summed E-state index contributed by atoms with van der Waals surface area (Å²) in [5.74, 6) is 0.568. The van der Waals surface area contributed by atoms with Crippen molar-refractivity contribution in [2.45, 2.75) is 12.8 Å². The van der Waals surface area contributed by atoms with Crippen LogP contribution in [-0.2, 0) is 4.79 Å². The number of aromatic nitrogens is 2. The maximum absolute atomic E-state index is 12.7. The second kappa shape index (κ2) is 8.40. The molecule has 1 aliphatic heterocycles. The minimum absolute atomic E-state index is 0.00729. The first-order chi connectivity index (χ1) is 13.7. The fourth-order valence-electron chi connectivity index (χ4n) is 3.45. The molecule has 5 nitrogen and oxygen atoms in total. The van der Waals surface area contributed by atoms with Gasteiger partial charge in [0.15, 0.2) is 0 Å². The second-order valence-corrected chi connectivity index (χ2v) is 7.36. The molecule has 0 aliphatic carbocycles. The van der Waals surface area contributed by atoms with Gasteiger partial charge in [-0.1, -0.05) is 48.0 Å². The van der Waals surface area contributed by atoms with Crippen LogP contribution in [0.25, 0.3) is 11.1 Å². The third-order valence-corrected chi connectivity index (χ3v) is 5.15. The van der Waals surface area contributed by atoms with E-state index in [0.29, 0.717) is 17.5 Å². The maximum Gasteiger partial charge on any atom is 0.229 e. The number of carbonyl (C=O) groups is 1. The number of hydrogen-bond acceptors (Lipinski definition) is 4. The number of halogens is 1. The van der Waals surface area contributed by atoms with Gasteiger partial charge in [-0.15, -0.1) is 0 Å². The van der Waals surface area contributed by atoms with Gasteiger partial charge in [-0.25, -0.2) is 9.97 Å². The van der Waals surface area contributed by atoms with Crippen LogP contribution in [0.5, 0.6) is 0 Å². The van der Waals surface area contributed by atoms with Crippen molar-refractivity contribution < 1.29 is 4.79 Å². The minimum atomic E-state index is -0.106. The van der Waals surface area contributed by atoms with Crippen LogP contribution < -0.4 is 10.2 Å². The molecule has 0 radical (unpaired) electrons. The Balaban J connectivity index is 1.42. The van der Waals surface area contributed by atoms with Crippen LogP contribution in [0.4, 0.5) is 11.6 Å². The number of benzene rings is 2. The molecule has 1 amide bonds. The summed E-state index contributed by atoms with van der Waals surface area (Å²) in [5, 5.41) is 3.57. The molecule has 1 aliphatic rings. The lowest BCUT2D eigenvalue weighted by Crippen LogP contribution is -2.41. The van der Waals surface area contributed by atoms with Gasteiger partial charge >= 0.3 is 0 Å². The van der Waals surface area contributed by atoms with Gasteiger partial charge in [0.25, 0.3) is 0 Å². The van der Waals surface area contributed by atoms with Crippen molar-refractivity contribution in [2.75, 3.05) is 23.3 Å². The number of rotatable bonds is 4. The lowest BCUT2D eigenvalue weighted by Gasteiger charge is -2.32. The smallest absolute Gasteiger partial charge is 0.229 e. The van der Waals surface area contributed by atoms with Gasteiger partial charge < -0.3 is 10.2 Å². The average molecular weight is 393 g/mol. The van der Waals surface area contributed by atoms with E-state index in [1.54, 1.807) is 12.1 Å². The van der Waals surface area contributed by atoms with Crippen LogP contribution in [0.3, 0.4) is 0 Å². The third-order valence-electron chi connectivity index (χ3n) is 4.91. The quantitative estimate of drug-likeness (QED) is 0.702. The maximum atomic E-state index is 12.7. The first-order valence-electron chi connectivity index (χ1n) is 9.38. The molecule has 3 aromatic rings. The van der Waals surface area contributed by atoms with Gasteiger partial charge in [-0.2, -0.15) is 0 Å². The molecule has 6 heteroatoms.